The van der Waals surface area contributed by atoms with Crippen molar-refractivity contribution in [1.29, 1.82) is 0 Å². The molecule has 0 aromatic carbocycles. The maximum atomic E-state index is 5.59. The van der Waals surface area contributed by atoms with Gasteiger partial charge in [-0.1, -0.05) is 0 Å². The fourth-order valence-corrected chi connectivity index (χ4v) is 3.51. The van der Waals surface area contributed by atoms with E-state index in [-0.39, 0.29) is 0 Å². The third-order valence-corrected chi connectivity index (χ3v) is 4.64. The number of hydrogen-bond donors (Lipinski definition) is 0. The molecule has 3 aromatic heterocycles. The number of anilines is 1. The van der Waals surface area contributed by atoms with Gasteiger partial charge in [0.05, 0.1) is 25.0 Å². The second kappa shape index (κ2) is 5.52. The van der Waals surface area contributed by atoms with Crippen LogP contribution < -0.4 is 9.64 Å². The Balaban J connectivity index is 1.76. The summed E-state index contributed by atoms with van der Waals surface area (Å²) in [5.41, 5.74) is 6.86. The van der Waals surface area contributed by atoms with E-state index in [1.54, 1.807) is 19.5 Å². The van der Waals surface area contributed by atoms with E-state index >= 15 is 0 Å². The second-order valence-corrected chi connectivity index (χ2v) is 6.20. The number of hydrogen-bond acceptors (Lipinski definition) is 6. The second-order valence-electron chi connectivity index (χ2n) is 6.20. The summed E-state index contributed by atoms with van der Waals surface area (Å²) in [5.74, 6) is 0.571. The minimum atomic E-state index is 0.571. The zero-order valence-corrected chi connectivity index (χ0v) is 14.4. The van der Waals surface area contributed by atoms with E-state index in [1.165, 1.54) is 5.57 Å². The quantitative estimate of drug-likeness (QED) is 0.731. The molecule has 0 radical (unpaired) electrons. The van der Waals surface area contributed by atoms with Gasteiger partial charge in [0.2, 0.25) is 5.88 Å². The van der Waals surface area contributed by atoms with Crippen molar-refractivity contribution in [3.8, 4) is 17.1 Å². The van der Waals surface area contributed by atoms with Crippen LogP contribution in [0.5, 0.6) is 5.88 Å². The molecule has 0 spiro atoms. The Morgan fingerprint density at radius 1 is 1.19 bits per heavy atom. The molecule has 0 N–H and O–H groups in total. The predicted molar refractivity (Wildman–Crippen MR) is 99.5 cm³/mol. The number of imidazole rings is 1. The summed E-state index contributed by atoms with van der Waals surface area (Å²) in [6, 6.07) is 5.82. The molecular weight excluding hydrogens is 328 g/mol. The highest BCUT2D eigenvalue weighted by atomic mass is 16.5. The van der Waals surface area contributed by atoms with Crippen LogP contribution in [0, 0.1) is 6.92 Å². The first-order valence-electron chi connectivity index (χ1n) is 8.31. The zero-order valence-electron chi connectivity index (χ0n) is 14.4. The van der Waals surface area contributed by atoms with Crippen molar-refractivity contribution in [2.24, 2.45) is 4.99 Å². The molecule has 5 rings (SSSR count). The van der Waals surface area contributed by atoms with Crippen molar-refractivity contribution >= 4 is 17.5 Å². The van der Waals surface area contributed by atoms with Crippen LogP contribution in [0.25, 0.3) is 16.9 Å². The summed E-state index contributed by atoms with van der Waals surface area (Å²) >= 11 is 0. The Bertz CT molecular complexity index is 1120. The van der Waals surface area contributed by atoms with Gasteiger partial charge in [0, 0.05) is 47.7 Å². The van der Waals surface area contributed by atoms with Crippen LogP contribution in [-0.2, 0) is 0 Å². The van der Waals surface area contributed by atoms with Gasteiger partial charge in [-0.15, -0.1) is 0 Å². The summed E-state index contributed by atoms with van der Waals surface area (Å²) < 4.78 is 7.44. The van der Waals surface area contributed by atoms with Gasteiger partial charge in [-0.2, -0.15) is 5.10 Å². The first-order valence-corrected chi connectivity index (χ1v) is 8.31. The highest BCUT2D eigenvalue weighted by molar-refractivity contribution is 5.93. The molecule has 7 nitrogen and oxygen atoms in total. The lowest BCUT2D eigenvalue weighted by Crippen LogP contribution is -2.16. The number of aliphatic imine (C=N–C) groups is 1. The van der Waals surface area contributed by atoms with Gasteiger partial charge in [0.15, 0.2) is 5.65 Å². The molecule has 128 valence electrons. The highest BCUT2D eigenvalue weighted by Gasteiger charge is 2.27. The minimum absolute atomic E-state index is 0.571. The number of rotatable bonds is 3. The lowest BCUT2D eigenvalue weighted by Gasteiger charge is -2.21. The van der Waals surface area contributed by atoms with Crippen LogP contribution in [0.1, 0.15) is 5.69 Å². The normalized spacial score (nSPS) is 15.4. The van der Waals surface area contributed by atoms with E-state index in [0.717, 1.165) is 40.4 Å². The maximum Gasteiger partial charge on any atom is 0.238 e. The number of pyridine rings is 1. The summed E-state index contributed by atoms with van der Waals surface area (Å²) in [6.07, 6.45) is 9.37. The van der Waals surface area contributed by atoms with E-state index in [0.29, 0.717) is 5.88 Å². The molecule has 2 aliphatic heterocycles. The lowest BCUT2D eigenvalue weighted by molar-refractivity contribution is 0.399. The number of ether oxygens (including phenoxy) is 1. The van der Waals surface area contributed by atoms with E-state index in [9.17, 15) is 0 Å². The van der Waals surface area contributed by atoms with Crippen LogP contribution in [0.2, 0.25) is 0 Å². The Morgan fingerprint density at radius 2 is 2.12 bits per heavy atom. The Kier molecular flexibility index (Phi) is 3.15. The van der Waals surface area contributed by atoms with Crippen LogP contribution in [-0.4, -0.2) is 39.5 Å². The summed E-state index contributed by atoms with van der Waals surface area (Å²) in [7, 11) is 1.64. The number of fused-ring (bicyclic) bond motifs is 2. The van der Waals surface area contributed by atoms with Crippen molar-refractivity contribution in [3.63, 3.8) is 0 Å². The van der Waals surface area contributed by atoms with Crippen molar-refractivity contribution in [2.75, 3.05) is 18.6 Å². The molecule has 7 heteroatoms. The average molecular weight is 344 g/mol. The minimum Gasteiger partial charge on any atom is -0.479 e. The van der Waals surface area contributed by atoms with Gasteiger partial charge >= 0.3 is 0 Å². The van der Waals surface area contributed by atoms with E-state index in [2.05, 4.69) is 31.2 Å². The Labute approximate surface area is 150 Å². The highest BCUT2D eigenvalue weighted by Crippen LogP contribution is 2.41. The maximum absolute atomic E-state index is 5.59. The molecule has 0 amide bonds. The predicted octanol–water partition coefficient (Wildman–Crippen LogP) is 2.78. The van der Waals surface area contributed by atoms with Crippen LogP contribution in [0.3, 0.4) is 0 Å². The number of aryl methyl sites for hydroxylation is 1. The molecule has 0 fully saturated rings. The van der Waals surface area contributed by atoms with Gasteiger partial charge in [0.25, 0.3) is 0 Å². The first-order chi connectivity index (χ1) is 12.8. The van der Waals surface area contributed by atoms with Gasteiger partial charge in [-0.25, -0.2) is 14.5 Å². The van der Waals surface area contributed by atoms with Crippen molar-refractivity contribution in [1.82, 2.24) is 19.6 Å². The van der Waals surface area contributed by atoms with Gasteiger partial charge < -0.3 is 9.64 Å². The van der Waals surface area contributed by atoms with Gasteiger partial charge in [-0.05, 0) is 25.1 Å². The van der Waals surface area contributed by atoms with Crippen LogP contribution in [0.15, 0.2) is 59.1 Å². The van der Waals surface area contributed by atoms with Gasteiger partial charge in [0.1, 0.15) is 5.69 Å². The SMILES string of the molecule is COc1nccc(-c2c(C)nc3cccnn23)c1N1C=C2C=NC=C2C1. The molecule has 0 unspecified atom stereocenters. The first kappa shape index (κ1) is 14.8. The Hall–Kier alpha value is -3.48. The molecule has 0 atom stereocenters. The lowest BCUT2D eigenvalue weighted by atomic mass is 10.1. The molecule has 0 bridgehead atoms. The summed E-state index contributed by atoms with van der Waals surface area (Å²) in [4.78, 5) is 15.4. The third kappa shape index (κ3) is 2.07. The standard InChI is InChI=1S/C19H16N6O/c1-12-17(25-16(23-12)4-3-6-22-25)15-5-7-21-19(26-2)18(15)24-10-13-8-20-9-14(13)11-24/h3-10H,11H2,1-2H3. The largest absolute Gasteiger partial charge is 0.479 e. The molecule has 2 aliphatic rings. The number of nitrogens with zero attached hydrogens (tertiary/aromatic N) is 6. The molecular formula is C19H16N6O. The van der Waals surface area contributed by atoms with Gasteiger partial charge in [-0.3, -0.25) is 4.99 Å². The summed E-state index contributed by atoms with van der Waals surface area (Å²) in [5, 5.41) is 4.49. The Morgan fingerprint density at radius 3 is 2.96 bits per heavy atom. The van der Waals surface area contributed by atoms with E-state index < -0.39 is 0 Å². The monoisotopic (exact) mass is 344 g/mol. The summed E-state index contributed by atoms with van der Waals surface area (Å²) in [6.45, 7) is 2.72. The fourth-order valence-electron chi connectivity index (χ4n) is 3.51. The van der Waals surface area contributed by atoms with Crippen molar-refractivity contribution in [3.05, 3.63) is 59.8 Å². The molecule has 26 heavy (non-hydrogen) atoms. The molecule has 3 aromatic rings. The molecule has 0 aliphatic carbocycles. The number of methoxy groups -OCH3 is 1. The topological polar surface area (TPSA) is 67.9 Å². The van der Waals surface area contributed by atoms with Crippen LogP contribution >= 0.6 is 0 Å². The van der Waals surface area contributed by atoms with Crippen molar-refractivity contribution < 1.29 is 4.74 Å². The fraction of sp³-hybridized carbons (Fsp3) is 0.158. The van der Waals surface area contributed by atoms with Crippen LogP contribution in [0.4, 0.5) is 5.69 Å². The smallest absolute Gasteiger partial charge is 0.238 e. The van der Waals surface area contributed by atoms with E-state index in [4.69, 9.17) is 4.74 Å². The molecule has 0 saturated carbocycles. The molecule has 5 heterocycles. The third-order valence-electron chi connectivity index (χ3n) is 4.64. The number of aromatic nitrogens is 4. The average Bonchev–Trinajstić information content (AvgIpc) is 3.32. The van der Waals surface area contributed by atoms with Crippen molar-refractivity contribution in [2.45, 2.75) is 6.92 Å². The van der Waals surface area contributed by atoms with E-state index in [1.807, 2.05) is 42.1 Å². The molecule has 0 saturated heterocycles. The zero-order chi connectivity index (χ0) is 17.7.